The van der Waals surface area contributed by atoms with Gasteiger partial charge in [-0.15, -0.1) is 0 Å². The van der Waals surface area contributed by atoms with Crippen LogP contribution in [0.15, 0.2) is 48.5 Å². The highest BCUT2D eigenvalue weighted by atomic mass is 16.2. The third kappa shape index (κ3) is 4.78. The molecule has 0 radical (unpaired) electrons. The minimum Gasteiger partial charge on any atom is -0.326 e. The molecule has 2 N–H and O–H groups in total. The molecular formula is C18H15N3O3. The molecule has 0 aliphatic carbocycles. The van der Waals surface area contributed by atoms with E-state index in [1.807, 2.05) is 6.07 Å². The van der Waals surface area contributed by atoms with Gasteiger partial charge in [0.15, 0.2) is 5.78 Å². The van der Waals surface area contributed by atoms with Gasteiger partial charge in [0.05, 0.1) is 11.6 Å². The topological polar surface area (TPSA) is 99.1 Å². The van der Waals surface area contributed by atoms with Crippen LogP contribution in [0.5, 0.6) is 0 Å². The summed E-state index contributed by atoms with van der Waals surface area (Å²) in [6, 6.07) is 14.8. The molecular weight excluding hydrogens is 306 g/mol. The van der Waals surface area contributed by atoms with Crippen molar-refractivity contribution in [2.24, 2.45) is 0 Å². The predicted octanol–water partition coefficient (Wildman–Crippen LogP) is 2.73. The lowest BCUT2D eigenvalue weighted by molar-refractivity contribution is -0.123. The van der Waals surface area contributed by atoms with Crippen LogP contribution in [-0.2, 0) is 9.59 Å². The number of rotatable bonds is 5. The number of carbonyl (C=O) groups excluding carboxylic acids is 3. The molecule has 24 heavy (non-hydrogen) atoms. The molecule has 2 amide bonds. The van der Waals surface area contributed by atoms with Gasteiger partial charge in [-0.25, -0.2) is 0 Å². The molecule has 0 aromatic heterocycles. The van der Waals surface area contributed by atoms with Crippen molar-refractivity contribution in [2.45, 2.75) is 13.3 Å². The lowest BCUT2D eigenvalue weighted by Gasteiger charge is -2.07. The van der Waals surface area contributed by atoms with E-state index in [1.54, 1.807) is 42.5 Å². The van der Waals surface area contributed by atoms with E-state index < -0.39 is 11.8 Å². The molecule has 0 fully saturated rings. The van der Waals surface area contributed by atoms with Crippen LogP contribution in [0.4, 0.5) is 11.4 Å². The summed E-state index contributed by atoms with van der Waals surface area (Å²) < 4.78 is 0. The van der Waals surface area contributed by atoms with Crippen LogP contribution >= 0.6 is 0 Å². The fourth-order valence-corrected chi connectivity index (χ4v) is 2.01. The molecule has 0 bridgehead atoms. The number of anilines is 2. The van der Waals surface area contributed by atoms with Crippen molar-refractivity contribution in [3.05, 3.63) is 59.7 Å². The first-order chi connectivity index (χ1) is 11.5. The number of ketones is 1. The van der Waals surface area contributed by atoms with Crippen LogP contribution in [0.2, 0.25) is 0 Å². The van der Waals surface area contributed by atoms with Gasteiger partial charge >= 0.3 is 0 Å². The average molecular weight is 321 g/mol. The van der Waals surface area contributed by atoms with Crippen LogP contribution in [0, 0.1) is 11.3 Å². The second-order valence-electron chi connectivity index (χ2n) is 5.10. The molecule has 0 spiro atoms. The Morgan fingerprint density at radius 2 is 1.58 bits per heavy atom. The largest absolute Gasteiger partial charge is 0.326 e. The van der Waals surface area contributed by atoms with E-state index in [0.717, 1.165) is 0 Å². The number of nitrogens with zero attached hydrogens (tertiary/aromatic N) is 1. The van der Waals surface area contributed by atoms with Gasteiger partial charge in [-0.2, -0.15) is 5.26 Å². The second kappa shape index (κ2) is 7.70. The smallest absolute Gasteiger partial charge is 0.233 e. The van der Waals surface area contributed by atoms with Crippen molar-refractivity contribution in [3.8, 4) is 6.07 Å². The number of Topliss-reactive ketones (excluding diaryl/α,β-unsaturated/α-hetero) is 1. The van der Waals surface area contributed by atoms with Crippen molar-refractivity contribution < 1.29 is 14.4 Å². The molecule has 0 unspecified atom stereocenters. The Labute approximate surface area is 139 Å². The standard InChI is InChI=1S/C18H15N3O3/c1-12(22)14-5-7-15(8-6-14)20-17(23)10-18(24)21-16-4-2-3-13(9-16)11-19/h2-9H,10H2,1H3,(H,20,23)(H,21,24). The quantitative estimate of drug-likeness (QED) is 0.653. The second-order valence-corrected chi connectivity index (χ2v) is 5.10. The van der Waals surface area contributed by atoms with E-state index in [0.29, 0.717) is 22.5 Å². The maximum Gasteiger partial charge on any atom is 0.233 e. The Kier molecular flexibility index (Phi) is 5.42. The summed E-state index contributed by atoms with van der Waals surface area (Å²) in [5, 5.41) is 14.0. The third-order valence-corrected chi connectivity index (χ3v) is 3.17. The lowest BCUT2D eigenvalue weighted by atomic mass is 10.1. The van der Waals surface area contributed by atoms with Gasteiger partial charge in [0.25, 0.3) is 0 Å². The summed E-state index contributed by atoms with van der Waals surface area (Å²) in [5.41, 5.74) is 1.92. The van der Waals surface area contributed by atoms with Gasteiger partial charge in [-0.3, -0.25) is 14.4 Å². The van der Waals surface area contributed by atoms with Crippen LogP contribution in [0.25, 0.3) is 0 Å². The summed E-state index contributed by atoms with van der Waals surface area (Å²) in [6.45, 7) is 1.46. The Morgan fingerprint density at radius 1 is 0.958 bits per heavy atom. The van der Waals surface area contributed by atoms with Crippen molar-refractivity contribution in [1.82, 2.24) is 0 Å². The van der Waals surface area contributed by atoms with Crippen molar-refractivity contribution >= 4 is 29.0 Å². The van der Waals surface area contributed by atoms with Crippen molar-refractivity contribution in [1.29, 1.82) is 5.26 Å². The van der Waals surface area contributed by atoms with Crippen LogP contribution < -0.4 is 10.6 Å². The number of benzene rings is 2. The number of nitriles is 1. The Morgan fingerprint density at radius 3 is 2.17 bits per heavy atom. The molecule has 2 rings (SSSR count). The fourth-order valence-electron chi connectivity index (χ4n) is 2.01. The van der Waals surface area contributed by atoms with E-state index >= 15 is 0 Å². The van der Waals surface area contributed by atoms with Gasteiger partial charge in [0.2, 0.25) is 11.8 Å². The van der Waals surface area contributed by atoms with Gasteiger partial charge in [0, 0.05) is 16.9 Å². The SMILES string of the molecule is CC(=O)c1ccc(NC(=O)CC(=O)Nc2cccc(C#N)c2)cc1. The number of hydrogen-bond donors (Lipinski definition) is 2. The minimum absolute atomic E-state index is 0.0631. The molecule has 120 valence electrons. The predicted molar refractivity (Wildman–Crippen MR) is 89.5 cm³/mol. The van der Waals surface area contributed by atoms with E-state index in [4.69, 9.17) is 5.26 Å². The summed E-state index contributed by atoms with van der Waals surface area (Å²) in [7, 11) is 0. The van der Waals surface area contributed by atoms with Crippen LogP contribution in [0.1, 0.15) is 29.3 Å². The summed E-state index contributed by atoms with van der Waals surface area (Å²) in [4.78, 5) is 34.9. The molecule has 6 heteroatoms. The highest BCUT2D eigenvalue weighted by molar-refractivity contribution is 6.08. The maximum absolute atomic E-state index is 11.9. The number of amides is 2. The van der Waals surface area contributed by atoms with Gasteiger partial charge in [-0.05, 0) is 49.4 Å². The Hall–Kier alpha value is -3.46. The summed E-state index contributed by atoms with van der Waals surface area (Å²) >= 11 is 0. The minimum atomic E-state index is -0.483. The van der Waals surface area contributed by atoms with Crippen LogP contribution in [0.3, 0.4) is 0 Å². The molecule has 0 saturated heterocycles. The van der Waals surface area contributed by atoms with E-state index in [2.05, 4.69) is 10.6 Å². The molecule has 0 aliphatic rings. The van der Waals surface area contributed by atoms with Gasteiger partial charge in [0.1, 0.15) is 6.42 Å². The van der Waals surface area contributed by atoms with Crippen LogP contribution in [-0.4, -0.2) is 17.6 Å². The molecule has 2 aromatic rings. The first kappa shape index (κ1) is 16.9. The first-order valence-corrected chi connectivity index (χ1v) is 7.19. The highest BCUT2D eigenvalue weighted by Gasteiger charge is 2.10. The first-order valence-electron chi connectivity index (χ1n) is 7.19. The molecule has 0 aliphatic heterocycles. The molecule has 0 saturated carbocycles. The van der Waals surface area contributed by atoms with E-state index in [-0.39, 0.29) is 12.2 Å². The molecule has 0 atom stereocenters. The Bertz CT molecular complexity index is 820. The number of hydrogen-bond acceptors (Lipinski definition) is 4. The maximum atomic E-state index is 11.9. The lowest BCUT2D eigenvalue weighted by Crippen LogP contribution is -2.21. The average Bonchev–Trinajstić information content (AvgIpc) is 2.55. The van der Waals surface area contributed by atoms with E-state index in [1.165, 1.54) is 13.0 Å². The highest BCUT2D eigenvalue weighted by Crippen LogP contribution is 2.12. The molecule has 2 aromatic carbocycles. The zero-order chi connectivity index (χ0) is 17.5. The third-order valence-electron chi connectivity index (χ3n) is 3.17. The zero-order valence-corrected chi connectivity index (χ0v) is 13.0. The molecule has 0 heterocycles. The normalized spacial score (nSPS) is 9.67. The summed E-state index contributed by atoms with van der Waals surface area (Å²) in [6.07, 6.45) is -0.356. The van der Waals surface area contributed by atoms with Crippen molar-refractivity contribution in [2.75, 3.05) is 10.6 Å². The molecule has 6 nitrogen and oxygen atoms in total. The zero-order valence-electron chi connectivity index (χ0n) is 13.0. The monoisotopic (exact) mass is 321 g/mol. The number of carbonyl (C=O) groups is 3. The summed E-state index contributed by atoms with van der Waals surface area (Å²) in [5.74, 6) is -1.02. The van der Waals surface area contributed by atoms with Crippen molar-refractivity contribution in [3.63, 3.8) is 0 Å². The van der Waals surface area contributed by atoms with Gasteiger partial charge in [-0.1, -0.05) is 6.07 Å². The van der Waals surface area contributed by atoms with Gasteiger partial charge < -0.3 is 10.6 Å². The fraction of sp³-hybridized carbons (Fsp3) is 0.111. The number of nitrogens with one attached hydrogen (secondary N) is 2. The Balaban J connectivity index is 1.90. The van der Waals surface area contributed by atoms with E-state index in [9.17, 15) is 14.4 Å².